The molecule has 0 bridgehead atoms. The number of hydrogen-bond donors (Lipinski definition) is 2. The standard InChI is InChI=1S/C16H25NO2/c1-3-12-5-4-6-13(8-7-12)17-14-9-10-16(19-2)15(18)11-14/h9-13,17-18H,3-8H2,1-2H3. The van der Waals surface area contributed by atoms with Crippen molar-refractivity contribution in [2.24, 2.45) is 5.92 Å². The van der Waals surface area contributed by atoms with Gasteiger partial charge in [-0.2, -0.15) is 0 Å². The van der Waals surface area contributed by atoms with E-state index in [2.05, 4.69) is 12.2 Å². The van der Waals surface area contributed by atoms with Crippen LogP contribution in [0.15, 0.2) is 18.2 Å². The highest BCUT2D eigenvalue weighted by atomic mass is 16.5. The maximum Gasteiger partial charge on any atom is 0.160 e. The van der Waals surface area contributed by atoms with Gasteiger partial charge in [0.2, 0.25) is 0 Å². The molecule has 106 valence electrons. The zero-order chi connectivity index (χ0) is 13.7. The van der Waals surface area contributed by atoms with Crippen LogP contribution in [0.1, 0.15) is 45.4 Å². The van der Waals surface area contributed by atoms with E-state index < -0.39 is 0 Å². The minimum atomic E-state index is 0.201. The van der Waals surface area contributed by atoms with E-state index in [-0.39, 0.29) is 5.75 Å². The lowest BCUT2D eigenvalue weighted by Gasteiger charge is -2.18. The molecular weight excluding hydrogens is 238 g/mol. The van der Waals surface area contributed by atoms with Gasteiger partial charge in [0.05, 0.1) is 7.11 Å². The number of nitrogens with one attached hydrogen (secondary N) is 1. The molecule has 2 unspecified atom stereocenters. The lowest BCUT2D eigenvalue weighted by Crippen LogP contribution is -2.18. The Labute approximate surface area is 116 Å². The topological polar surface area (TPSA) is 41.5 Å². The fourth-order valence-corrected chi connectivity index (χ4v) is 2.95. The fraction of sp³-hybridized carbons (Fsp3) is 0.625. The molecule has 0 amide bonds. The maximum absolute atomic E-state index is 9.79. The molecule has 2 atom stereocenters. The average molecular weight is 263 g/mol. The highest BCUT2D eigenvalue weighted by molar-refractivity contribution is 5.54. The van der Waals surface area contributed by atoms with Crippen LogP contribution in [0.4, 0.5) is 5.69 Å². The van der Waals surface area contributed by atoms with Crippen molar-refractivity contribution in [3.8, 4) is 11.5 Å². The molecule has 0 spiro atoms. The predicted molar refractivity (Wildman–Crippen MR) is 78.9 cm³/mol. The molecule has 0 saturated heterocycles. The van der Waals surface area contributed by atoms with Crippen molar-refractivity contribution in [3.05, 3.63) is 18.2 Å². The van der Waals surface area contributed by atoms with Gasteiger partial charge >= 0.3 is 0 Å². The molecule has 1 fully saturated rings. The SMILES string of the molecule is CCC1CCCC(Nc2ccc(OC)c(O)c2)CC1. The summed E-state index contributed by atoms with van der Waals surface area (Å²) in [5.41, 5.74) is 0.984. The minimum absolute atomic E-state index is 0.201. The van der Waals surface area contributed by atoms with Crippen LogP contribution in [-0.2, 0) is 0 Å². The monoisotopic (exact) mass is 263 g/mol. The van der Waals surface area contributed by atoms with E-state index in [1.807, 2.05) is 12.1 Å². The Morgan fingerprint density at radius 3 is 2.79 bits per heavy atom. The molecule has 0 aromatic heterocycles. The van der Waals surface area contributed by atoms with Crippen LogP contribution in [0.2, 0.25) is 0 Å². The second-order valence-electron chi connectivity index (χ2n) is 5.51. The third-order valence-corrected chi connectivity index (χ3v) is 4.22. The summed E-state index contributed by atoms with van der Waals surface area (Å²) in [5.74, 6) is 1.63. The molecule has 1 aliphatic carbocycles. The summed E-state index contributed by atoms with van der Waals surface area (Å²) in [4.78, 5) is 0. The number of aromatic hydroxyl groups is 1. The zero-order valence-electron chi connectivity index (χ0n) is 12.0. The summed E-state index contributed by atoms with van der Waals surface area (Å²) in [6.45, 7) is 2.29. The Kier molecular flexibility index (Phi) is 4.94. The van der Waals surface area contributed by atoms with E-state index in [9.17, 15) is 5.11 Å². The van der Waals surface area contributed by atoms with Crippen molar-refractivity contribution in [2.75, 3.05) is 12.4 Å². The Morgan fingerprint density at radius 2 is 2.11 bits per heavy atom. The van der Waals surface area contributed by atoms with Crippen LogP contribution in [0.5, 0.6) is 11.5 Å². The smallest absolute Gasteiger partial charge is 0.160 e. The number of methoxy groups -OCH3 is 1. The molecule has 3 nitrogen and oxygen atoms in total. The Morgan fingerprint density at radius 1 is 1.26 bits per heavy atom. The van der Waals surface area contributed by atoms with E-state index in [0.29, 0.717) is 11.8 Å². The van der Waals surface area contributed by atoms with Crippen molar-refractivity contribution in [3.63, 3.8) is 0 Å². The minimum Gasteiger partial charge on any atom is -0.504 e. The number of phenols is 1. The van der Waals surface area contributed by atoms with Crippen molar-refractivity contribution >= 4 is 5.69 Å². The van der Waals surface area contributed by atoms with Crippen LogP contribution in [-0.4, -0.2) is 18.3 Å². The molecule has 1 aromatic carbocycles. The van der Waals surface area contributed by atoms with Gasteiger partial charge in [0.15, 0.2) is 11.5 Å². The molecule has 2 N–H and O–H groups in total. The summed E-state index contributed by atoms with van der Waals surface area (Å²) in [6, 6.07) is 6.06. The predicted octanol–water partition coefficient (Wildman–Crippen LogP) is 4.17. The number of hydrogen-bond acceptors (Lipinski definition) is 3. The van der Waals surface area contributed by atoms with Gasteiger partial charge in [-0.25, -0.2) is 0 Å². The summed E-state index contributed by atoms with van der Waals surface area (Å²) in [7, 11) is 1.57. The van der Waals surface area contributed by atoms with Crippen molar-refractivity contribution < 1.29 is 9.84 Å². The molecule has 1 aromatic rings. The van der Waals surface area contributed by atoms with Gasteiger partial charge in [-0.1, -0.05) is 26.2 Å². The first-order chi connectivity index (χ1) is 9.22. The fourth-order valence-electron chi connectivity index (χ4n) is 2.95. The lowest BCUT2D eigenvalue weighted by molar-refractivity contribution is 0.373. The number of benzene rings is 1. The largest absolute Gasteiger partial charge is 0.504 e. The van der Waals surface area contributed by atoms with Crippen LogP contribution in [0.3, 0.4) is 0 Å². The van der Waals surface area contributed by atoms with Crippen LogP contribution >= 0.6 is 0 Å². The van der Waals surface area contributed by atoms with E-state index in [1.165, 1.54) is 38.5 Å². The summed E-state index contributed by atoms with van der Waals surface area (Å²) in [6.07, 6.45) is 7.74. The van der Waals surface area contributed by atoms with Gasteiger partial charge in [0, 0.05) is 17.8 Å². The molecule has 19 heavy (non-hydrogen) atoms. The highest BCUT2D eigenvalue weighted by Crippen LogP contribution is 2.31. The van der Waals surface area contributed by atoms with Crippen LogP contribution in [0, 0.1) is 5.92 Å². The quantitative estimate of drug-likeness (QED) is 0.801. The maximum atomic E-state index is 9.79. The molecule has 0 radical (unpaired) electrons. The molecule has 0 heterocycles. The van der Waals surface area contributed by atoms with Gasteiger partial charge in [0.25, 0.3) is 0 Å². The normalized spacial score (nSPS) is 23.7. The van der Waals surface area contributed by atoms with E-state index in [1.54, 1.807) is 13.2 Å². The average Bonchev–Trinajstić information content (AvgIpc) is 2.64. The number of rotatable bonds is 4. The van der Waals surface area contributed by atoms with Crippen molar-refractivity contribution in [1.29, 1.82) is 0 Å². The van der Waals surface area contributed by atoms with Gasteiger partial charge in [-0.05, 0) is 37.3 Å². The van der Waals surface area contributed by atoms with Crippen LogP contribution < -0.4 is 10.1 Å². The number of ether oxygens (including phenoxy) is 1. The second-order valence-corrected chi connectivity index (χ2v) is 5.51. The highest BCUT2D eigenvalue weighted by Gasteiger charge is 2.17. The number of phenolic OH excluding ortho intramolecular Hbond substituents is 1. The molecule has 3 heteroatoms. The first-order valence-corrected chi connectivity index (χ1v) is 7.36. The summed E-state index contributed by atoms with van der Waals surface area (Å²) in [5, 5.41) is 13.3. The lowest BCUT2D eigenvalue weighted by atomic mass is 9.98. The summed E-state index contributed by atoms with van der Waals surface area (Å²) >= 11 is 0. The van der Waals surface area contributed by atoms with E-state index >= 15 is 0 Å². The van der Waals surface area contributed by atoms with Gasteiger partial charge in [-0.3, -0.25) is 0 Å². The Bertz CT molecular complexity index is 406. The number of anilines is 1. The summed E-state index contributed by atoms with van der Waals surface area (Å²) < 4.78 is 5.06. The van der Waals surface area contributed by atoms with Crippen LogP contribution in [0.25, 0.3) is 0 Å². The van der Waals surface area contributed by atoms with Gasteiger partial charge in [0.1, 0.15) is 0 Å². The Balaban J connectivity index is 1.95. The Hall–Kier alpha value is -1.38. The van der Waals surface area contributed by atoms with E-state index in [0.717, 1.165) is 11.6 Å². The first kappa shape index (κ1) is 14.0. The zero-order valence-corrected chi connectivity index (χ0v) is 12.0. The van der Waals surface area contributed by atoms with Crippen molar-refractivity contribution in [2.45, 2.75) is 51.5 Å². The third kappa shape index (κ3) is 3.79. The van der Waals surface area contributed by atoms with E-state index in [4.69, 9.17) is 4.74 Å². The molecule has 1 aliphatic rings. The molecular formula is C16H25NO2. The van der Waals surface area contributed by atoms with Gasteiger partial charge in [-0.15, -0.1) is 0 Å². The second kappa shape index (κ2) is 6.69. The van der Waals surface area contributed by atoms with Gasteiger partial charge < -0.3 is 15.2 Å². The van der Waals surface area contributed by atoms with Crippen molar-refractivity contribution in [1.82, 2.24) is 0 Å². The molecule has 0 aliphatic heterocycles. The first-order valence-electron chi connectivity index (χ1n) is 7.36. The molecule has 2 rings (SSSR count). The third-order valence-electron chi connectivity index (χ3n) is 4.22. The molecule has 1 saturated carbocycles.